The molecule has 0 aliphatic heterocycles. The molecule has 0 radical (unpaired) electrons. The van der Waals surface area contributed by atoms with Crippen molar-refractivity contribution >= 4 is 0 Å². The molecule has 0 saturated carbocycles. The molecule has 2 heterocycles. The normalized spacial score (nSPS) is 12.6. The number of nitrogens with two attached hydrogens (primary N) is 1. The van der Waals surface area contributed by atoms with Crippen molar-refractivity contribution in [1.82, 2.24) is 14.5 Å². The van der Waals surface area contributed by atoms with Crippen LogP contribution in [-0.4, -0.2) is 14.5 Å². The van der Waals surface area contributed by atoms with Gasteiger partial charge in [0, 0.05) is 43.7 Å². The van der Waals surface area contributed by atoms with Gasteiger partial charge in [-0.05, 0) is 12.5 Å². The summed E-state index contributed by atoms with van der Waals surface area (Å²) in [6, 6.07) is 1.30. The summed E-state index contributed by atoms with van der Waals surface area (Å²) in [5, 5.41) is 0. The minimum absolute atomic E-state index is 0.324. The SMILES string of the molecule is Cn1ccnc1CCC(N)c1ccncc1F. The molecule has 4 nitrogen and oxygen atoms in total. The smallest absolute Gasteiger partial charge is 0.146 e. The molecular formula is C12H15FN4. The molecule has 1 unspecified atom stereocenters. The molecule has 17 heavy (non-hydrogen) atoms. The number of aryl methyl sites for hydroxylation is 2. The second-order valence-corrected chi connectivity index (χ2v) is 4.00. The average Bonchev–Trinajstić information content (AvgIpc) is 2.72. The zero-order chi connectivity index (χ0) is 12.3. The first-order chi connectivity index (χ1) is 8.18. The van der Waals surface area contributed by atoms with E-state index in [9.17, 15) is 4.39 Å². The fraction of sp³-hybridized carbons (Fsp3) is 0.333. The third kappa shape index (κ3) is 2.68. The lowest BCUT2D eigenvalue weighted by atomic mass is 10.0. The zero-order valence-electron chi connectivity index (χ0n) is 9.68. The Kier molecular flexibility index (Phi) is 3.49. The quantitative estimate of drug-likeness (QED) is 0.874. The highest BCUT2D eigenvalue weighted by molar-refractivity contribution is 5.17. The molecule has 0 spiro atoms. The fourth-order valence-electron chi connectivity index (χ4n) is 1.76. The van der Waals surface area contributed by atoms with Gasteiger partial charge in [-0.15, -0.1) is 0 Å². The maximum Gasteiger partial charge on any atom is 0.146 e. The van der Waals surface area contributed by atoms with Crippen molar-refractivity contribution in [2.75, 3.05) is 0 Å². The molecule has 90 valence electrons. The first-order valence-electron chi connectivity index (χ1n) is 5.49. The second-order valence-electron chi connectivity index (χ2n) is 4.00. The predicted molar refractivity (Wildman–Crippen MR) is 62.7 cm³/mol. The molecule has 2 rings (SSSR count). The minimum Gasteiger partial charge on any atom is -0.338 e. The van der Waals surface area contributed by atoms with Crippen molar-refractivity contribution in [3.05, 3.63) is 48.1 Å². The van der Waals surface area contributed by atoms with Gasteiger partial charge in [0.2, 0.25) is 0 Å². The van der Waals surface area contributed by atoms with Crippen LogP contribution in [0.5, 0.6) is 0 Å². The molecule has 0 bridgehead atoms. The third-order valence-electron chi connectivity index (χ3n) is 2.80. The minimum atomic E-state index is -0.347. The van der Waals surface area contributed by atoms with E-state index in [-0.39, 0.29) is 11.9 Å². The molecule has 0 aromatic carbocycles. The predicted octanol–water partition coefficient (Wildman–Crippen LogP) is 1.59. The Balaban J connectivity index is 2.01. The number of hydrogen-bond donors (Lipinski definition) is 1. The van der Waals surface area contributed by atoms with Gasteiger partial charge >= 0.3 is 0 Å². The van der Waals surface area contributed by atoms with Crippen LogP contribution in [0.1, 0.15) is 23.9 Å². The summed E-state index contributed by atoms with van der Waals surface area (Å²) in [6.45, 7) is 0. The van der Waals surface area contributed by atoms with Crippen LogP contribution in [-0.2, 0) is 13.5 Å². The standard InChI is InChI=1S/C12H15FN4/c1-17-7-6-16-12(17)3-2-11(14)9-4-5-15-8-10(9)13/h4-8,11H,2-3,14H2,1H3. The molecule has 0 fully saturated rings. The number of aromatic nitrogens is 3. The van der Waals surface area contributed by atoms with Crippen LogP contribution in [0.25, 0.3) is 0 Å². The summed E-state index contributed by atoms with van der Waals surface area (Å²) in [4.78, 5) is 7.91. The van der Waals surface area contributed by atoms with Crippen LogP contribution in [0.4, 0.5) is 4.39 Å². The van der Waals surface area contributed by atoms with Crippen LogP contribution in [0.3, 0.4) is 0 Å². The Hall–Kier alpha value is -1.75. The molecule has 2 aromatic rings. The van der Waals surface area contributed by atoms with Crippen LogP contribution in [0, 0.1) is 5.82 Å². The van der Waals surface area contributed by atoms with E-state index >= 15 is 0 Å². The van der Waals surface area contributed by atoms with Gasteiger partial charge in [-0.2, -0.15) is 0 Å². The number of pyridine rings is 1. The summed E-state index contributed by atoms with van der Waals surface area (Å²) in [7, 11) is 1.93. The van der Waals surface area contributed by atoms with Crippen LogP contribution in [0.2, 0.25) is 0 Å². The van der Waals surface area contributed by atoms with E-state index in [1.54, 1.807) is 18.5 Å². The first kappa shape index (κ1) is 11.7. The van der Waals surface area contributed by atoms with E-state index in [4.69, 9.17) is 5.73 Å². The van der Waals surface area contributed by atoms with Crippen LogP contribution >= 0.6 is 0 Å². The lowest BCUT2D eigenvalue weighted by Gasteiger charge is -2.12. The Bertz CT molecular complexity index is 495. The van der Waals surface area contributed by atoms with Gasteiger partial charge in [-0.3, -0.25) is 4.98 Å². The number of nitrogens with zero attached hydrogens (tertiary/aromatic N) is 3. The van der Waals surface area contributed by atoms with Crippen molar-refractivity contribution in [2.24, 2.45) is 12.8 Å². The highest BCUT2D eigenvalue weighted by Gasteiger charge is 2.12. The third-order valence-corrected chi connectivity index (χ3v) is 2.80. The van der Waals surface area contributed by atoms with Gasteiger partial charge in [-0.1, -0.05) is 0 Å². The summed E-state index contributed by atoms with van der Waals surface area (Å²) < 4.78 is 15.4. The number of imidazole rings is 1. The maximum absolute atomic E-state index is 13.4. The average molecular weight is 234 g/mol. The molecule has 5 heteroatoms. The van der Waals surface area contributed by atoms with Crippen molar-refractivity contribution in [1.29, 1.82) is 0 Å². The number of hydrogen-bond acceptors (Lipinski definition) is 3. The lowest BCUT2D eigenvalue weighted by molar-refractivity contribution is 0.552. The monoisotopic (exact) mass is 234 g/mol. The second kappa shape index (κ2) is 5.05. The molecular weight excluding hydrogens is 219 g/mol. The highest BCUT2D eigenvalue weighted by Crippen LogP contribution is 2.18. The lowest BCUT2D eigenvalue weighted by Crippen LogP contribution is -2.14. The summed E-state index contributed by atoms with van der Waals surface area (Å²) in [6.07, 6.45) is 7.76. The first-order valence-corrected chi connectivity index (χ1v) is 5.49. The van der Waals surface area contributed by atoms with Crippen molar-refractivity contribution < 1.29 is 4.39 Å². The van der Waals surface area contributed by atoms with Crippen LogP contribution in [0.15, 0.2) is 30.9 Å². The Labute approximate surface area is 99.3 Å². The molecule has 2 aromatic heterocycles. The van der Waals surface area contributed by atoms with Crippen molar-refractivity contribution in [3.8, 4) is 0 Å². The molecule has 2 N–H and O–H groups in total. The number of halogens is 1. The summed E-state index contributed by atoms with van der Waals surface area (Å²) in [5.74, 6) is 0.606. The van der Waals surface area contributed by atoms with E-state index in [1.807, 2.05) is 17.8 Å². The van der Waals surface area contributed by atoms with E-state index in [1.165, 1.54) is 6.20 Å². The Morgan fingerprint density at radius 3 is 2.94 bits per heavy atom. The van der Waals surface area contributed by atoms with E-state index < -0.39 is 0 Å². The summed E-state index contributed by atoms with van der Waals surface area (Å²) in [5.41, 5.74) is 6.47. The van der Waals surface area contributed by atoms with E-state index in [0.29, 0.717) is 12.0 Å². The van der Waals surface area contributed by atoms with Gasteiger partial charge in [0.1, 0.15) is 11.6 Å². The Morgan fingerprint density at radius 1 is 1.47 bits per heavy atom. The Morgan fingerprint density at radius 2 is 2.29 bits per heavy atom. The van der Waals surface area contributed by atoms with Crippen molar-refractivity contribution in [3.63, 3.8) is 0 Å². The number of rotatable bonds is 4. The fourth-order valence-corrected chi connectivity index (χ4v) is 1.76. The zero-order valence-corrected chi connectivity index (χ0v) is 9.68. The molecule has 0 aliphatic carbocycles. The molecule has 0 aliphatic rings. The van der Waals surface area contributed by atoms with Gasteiger partial charge in [0.15, 0.2) is 0 Å². The van der Waals surface area contributed by atoms with Gasteiger partial charge < -0.3 is 10.3 Å². The highest BCUT2D eigenvalue weighted by atomic mass is 19.1. The summed E-state index contributed by atoms with van der Waals surface area (Å²) >= 11 is 0. The van der Waals surface area contributed by atoms with E-state index in [0.717, 1.165) is 12.2 Å². The largest absolute Gasteiger partial charge is 0.338 e. The van der Waals surface area contributed by atoms with Crippen molar-refractivity contribution in [2.45, 2.75) is 18.9 Å². The maximum atomic E-state index is 13.4. The van der Waals surface area contributed by atoms with Gasteiger partial charge in [-0.25, -0.2) is 9.37 Å². The molecule has 1 atom stereocenters. The van der Waals surface area contributed by atoms with E-state index in [2.05, 4.69) is 9.97 Å². The molecule has 0 amide bonds. The molecule has 0 saturated heterocycles. The van der Waals surface area contributed by atoms with Gasteiger partial charge in [0.25, 0.3) is 0 Å². The van der Waals surface area contributed by atoms with Crippen LogP contribution < -0.4 is 5.73 Å². The topological polar surface area (TPSA) is 56.7 Å². The van der Waals surface area contributed by atoms with Gasteiger partial charge in [0.05, 0.1) is 6.20 Å².